The lowest BCUT2D eigenvalue weighted by Gasteiger charge is -2.18. The van der Waals surface area contributed by atoms with Crippen molar-refractivity contribution < 1.29 is 18.7 Å². The Bertz CT molecular complexity index is 870. The number of fused-ring (bicyclic) bond motifs is 1. The van der Waals surface area contributed by atoms with Crippen LogP contribution in [-0.2, 0) is 11.2 Å². The van der Waals surface area contributed by atoms with E-state index in [1.165, 1.54) is 30.3 Å². The number of nitrogens with one attached hydrogen (secondary N) is 1. The molecule has 1 aromatic heterocycles. The van der Waals surface area contributed by atoms with Gasteiger partial charge in [0.2, 0.25) is 0 Å². The van der Waals surface area contributed by atoms with Gasteiger partial charge < -0.3 is 9.72 Å². The Morgan fingerprint density at radius 3 is 2.64 bits per heavy atom. The number of aryl methyl sites for hydroxylation is 1. The molecule has 0 fully saturated rings. The fourth-order valence-electron chi connectivity index (χ4n) is 2.98. The van der Waals surface area contributed by atoms with Crippen LogP contribution in [-0.4, -0.2) is 16.7 Å². The van der Waals surface area contributed by atoms with E-state index in [0.717, 1.165) is 0 Å². The number of hydrogen-bond acceptors (Lipinski definition) is 4. The second-order valence-corrected chi connectivity index (χ2v) is 6.03. The molecular formula is C19H18FNO4. The molecule has 0 amide bonds. The van der Waals surface area contributed by atoms with Crippen LogP contribution in [0.4, 0.5) is 4.39 Å². The predicted molar refractivity (Wildman–Crippen MR) is 89.2 cm³/mol. The number of benzene rings is 1. The first-order valence-corrected chi connectivity index (χ1v) is 8.25. The highest BCUT2D eigenvalue weighted by molar-refractivity contribution is 6.00. The molecule has 0 spiro atoms. The Hall–Kier alpha value is -2.76. The van der Waals surface area contributed by atoms with Gasteiger partial charge in [-0.3, -0.25) is 9.59 Å². The van der Waals surface area contributed by atoms with Gasteiger partial charge in [-0.2, -0.15) is 0 Å². The van der Waals surface area contributed by atoms with Crippen LogP contribution >= 0.6 is 0 Å². The van der Waals surface area contributed by atoms with E-state index in [0.29, 0.717) is 42.5 Å². The van der Waals surface area contributed by atoms with Gasteiger partial charge in [0.15, 0.2) is 5.78 Å². The minimum atomic E-state index is -0.793. The van der Waals surface area contributed by atoms with Crippen molar-refractivity contribution in [3.05, 3.63) is 68.9 Å². The highest BCUT2D eigenvalue weighted by Gasteiger charge is 2.24. The molecule has 1 aliphatic carbocycles. The van der Waals surface area contributed by atoms with E-state index in [9.17, 15) is 18.8 Å². The van der Waals surface area contributed by atoms with Crippen LogP contribution in [0.1, 0.15) is 64.3 Å². The number of aromatic amines is 1. The second-order valence-electron chi connectivity index (χ2n) is 6.03. The number of rotatable bonds is 4. The monoisotopic (exact) mass is 343 g/mol. The molecule has 0 saturated heterocycles. The van der Waals surface area contributed by atoms with Crippen molar-refractivity contribution in [2.24, 2.45) is 0 Å². The van der Waals surface area contributed by atoms with Gasteiger partial charge in [0.1, 0.15) is 17.5 Å². The molecule has 1 N–H and O–H groups in total. The standard InChI is InChI=1S/C19H18FNO4/c1-2-17(11-6-8-12(20)9-7-11)25-19(24)14-10-13-15(21-18(14)23)4-3-5-16(13)22/h6-10,17H,2-5H2,1H3,(H,21,23)/t17-/m1/s1. The molecule has 3 rings (SSSR count). The van der Waals surface area contributed by atoms with Crippen molar-refractivity contribution >= 4 is 11.8 Å². The highest BCUT2D eigenvalue weighted by atomic mass is 19.1. The topological polar surface area (TPSA) is 76.2 Å². The number of ketones is 1. The number of carbonyl (C=O) groups excluding carboxylic acids is 2. The third-order valence-electron chi connectivity index (χ3n) is 4.34. The summed E-state index contributed by atoms with van der Waals surface area (Å²) in [6.07, 6.45) is 1.58. The van der Waals surface area contributed by atoms with Crippen molar-refractivity contribution in [2.45, 2.75) is 38.7 Å². The molecule has 130 valence electrons. The highest BCUT2D eigenvalue weighted by Crippen LogP contribution is 2.24. The predicted octanol–water partition coefficient (Wildman–Crippen LogP) is 3.34. The molecule has 1 heterocycles. The minimum absolute atomic E-state index is 0.0860. The van der Waals surface area contributed by atoms with Crippen LogP contribution in [0.15, 0.2) is 35.1 Å². The zero-order chi connectivity index (χ0) is 18.0. The summed E-state index contributed by atoms with van der Waals surface area (Å²) in [6, 6.07) is 6.98. The number of H-pyrrole nitrogens is 1. The molecule has 2 aromatic rings. The van der Waals surface area contributed by atoms with Crippen LogP contribution in [0, 0.1) is 5.82 Å². The van der Waals surface area contributed by atoms with E-state index < -0.39 is 17.6 Å². The molecular weight excluding hydrogens is 325 g/mol. The number of esters is 1. The molecule has 1 aliphatic rings. The van der Waals surface area contributed by atoms with Crippen LogP contribution in [0.5, 0.6) is 0 Å². The lowest BCUT2D eigenvalue weighted by atomic mass is 9.94. The summed E-state index contributed by atoms with van der Waals surface area (Å²) in [6.45, 7) is 1.82. The van der Waals surface area contributed by atoms with Gasteiger partial charge in [0.25, 0.3) is 5.56 Å². The Morgan fingerprint density at radius 2 is 1.96 bits per heavy atom. The van der Waals surface area contributed by atoms with E-state index >= 15 is 0 Å². The number of ether oxygens (including phenoxy) is 1. The second kappa shape index (κ2) is 7.01. The van der Waals surface area contributed by atoms with Crippen molar-refractivity contribution in [1.29, 1.82) is 0 Å². The molecule has 25 heavy (non-hydrogen) atoms. The van der Waals surface area contributed by atoms with Crippen molar-refractivity contribution in [1.82, 2.24) is 4.98 Å². The maximum Gasteiger partial charge on any atom is 0.344 e. The van der Waals surface area contributed by atoms with Crippen LogP contribution in [0.2, 0.25) is 0 Å². The summed E-state index contributed by atoms with van der Waals surface area (Å²) in [4.78, 5) is 39.2. The number of aromatic nitrogens is 1. The summed E-state index contributed by atoms with van der Waals surface area (Å²) in [5.41, 5.74) is 0.848. The molecule has 5 nitrogen and oxygen atoms in total. The SMILES string of the molecule is CC[C@@H](OC(=O)c1cc2c([nH]c1=O)CCCC2=O)c1ccc(F)cc1. The average molecular weight is 343 g/mol. The lowest BCUT2D eigenvalue weighted by Crippen LogP contribution is -2.26. The Morgan fingerprint density at radius 1 is 1.24 bits per heavy atom. The summed E-state index contributed by atoms with van der Waals surface area (Å²) in [7, 11) is 0. The van der Waals surface area contributed by atoms with Gasteiger partial charge in [0.05, 0.1) is 0 Å². The van der Waals surface area contributed by atoms with Crippen molar-refractivity contribution in [3.8, 4) is 0 Å². The largest absolute Gasteiger partial charge is 0.454 e. The van der Waals surface area contributed by atoms with Gasteiger partial charge in [-0.25, -0.2) is 9.18 Å². The molecule has 1 aromatic carbocycles. The molecule has 1 atom stereocenters. The molecule has 0 bridgehead atoms. The van der Waals surface area contributed by atoms with E-state index in [-0.39, 0.29) is 17.2 Å². The Balaban J connectivity index is 1.87. The minimum Gasteiger partial charge on any atom is -0.454 e. The summed E-state index contributed by atoms with van der Waals surface area (Å²) in [5, 5.41) is 0. The molecule has 6 heteroatoms. The van der Waals surface area contributed by atoms with Gasteiger partial charge in [-0.15, -0.1) is 0 Å². The Kier molecular flexibility index (Phi) is 4.79. The van der Waals surface area contributed by atoms with Gasteiger partial charge >= 0.3 is 5.97 Å². The van der Waals surface area contributed by atoms with Crippen molar-refractivity contribution in [3.63, 3.8) is 0 Å². The quantitative estimate of drug-likeness (QED) is 0.864. The average Bonchev–Trinajstić information content (AvgIpc) is 2.60. The van der Waals surface area contributed by atoms with Gasteiger partial charge in [-0.1, -0.05) is 19.1 Å². The summed E-state index contributed by atoms with van der Waals surface area (Å²) >= 11 is 0. The molecule has 0 aliphatic heterocycles. The smallest absolute Gasteiger partial charge is 0.344 e. The van der Waals surface area contributed by atoms with E-state index in [2.05, 4.69) is 4.98 Å². The first kappa shape index (κ1) is 17.1. The third-order valence-corrected chi connectivity index (χ3v) is 4.34. The van der Waals surface area contributed by atoms with E-state index in [4.69, 9.17) is 4.74 Å². The lowest BCUT2D eigenvalue weighted by molar-refractivity contribution is 0.0285. The summed E-state index contributed by atoms with van der Waals surface area (Å²) in [5.74, 6) is -1.26. The zero-order valence-electron chi connectivity index (χ0n) is 13.8. The summed E-state index contributed by atoms with van der Waals surface area (Å²) < 4.78 is 18.5. The fourth-order valence-corrected chi connectivity index (χ4v) is 2.98. The number of carbonyl (C=O) groups is 2. The van der Waals surface area contributed by atoms with E-state index in [1.807, 2.05) is 6.92 Å². The van der Waals surface area contributed by atoms with Crippen LogP contribution in [0.25, 0.3) is 0 Å². The number of hydrogen-bond donors (Lipinski definition) is 1. The van der Waals surface area contributed by atoms with Crippen molar-refractivity contribution in [2.75, 3.05) is 0 Å². The molecule has 0 unspecified atom stereocenters. The van der Waals surface area contributed by atoms with E-state index in [1.54, 1.807) is 0 Å². The maximum atomic E-state index is 13.0. The van der Waals surface area contributed by atoms with Crippen LogP contribution < -0.4 is 5.56 Å². The third kappa shape index (κ3) is 3.52. The molecule has 0 saturated carbocycles. The fraction of sp³-hybridized carbons (Fsp3) is 0.316. The number of halogens is 1. The van der Waals surface area contributed by atoms with Gasteiger partial charge in [-0.05, 0) is 43.0 Å². The van der Waals surface area contributed by atoms with Crippen LogP contribution in [0.3, 0.4) is 0 Å². The Labute approximate surface area is 143 Å². The zero-order valence-corrected chi connectivity index (χ0v) is 13.8. The number of Topliss-reactive ketones (excluding diaryl/α,β-unsaturated/α-hetero) is 1. The molecule has 0 radical (unpaired) electrons. The normalized spacial score (nSPS) is 14.7. The number of pyridine rings is 1. The van der Waals surface area contributed by atoms with Gasteiger partial charge in [0, 0.05) is 17.7 Å². The first-order valence-electron chi connectivity index (χ1n) is 8.25. The first-order chi connectivity index (χ1) is 12.0. The maximum absolute atomic E-state index is 13.0.